The van der Waals surface area contributed by atoms with Crippen molar-refractivity contribution in [1.82, 2.24) is 15.0 Å². The first-order chi connectivity index (χ1) is 20.8. The highest BCUT2D eigenvalue weighted by Gasteiger charge is 2.16. The molecule has 0 atom stereocenters. The van der Waals surface area contributed by atoms with Crippen LogP contribution in [-0.4, -0.2) is 28.8 Å². The van der Waals surface area contributed by atoms with Crippen molar-refractivity contribution in [3.8, 4) is 17.0 Å². The first kappa shape index (κ1) is 28.5. The molecule has 0 spiro atoms. The highest BCUT2D eigenvalue weighted by atomic mass is 35.5. The number of rotatable bonds is 7. The summed E-state index contributed by atoms with van der Waals surface area (Å²) in [6.07, 6.45) is 1.71. The van der Waals surface area contributed by atoms with E-state index in [0.29, 0.717) is 27.8 Å². The van der Waals surface area contributed by atoms with Gasteiger partial charge in [0.1, 0.15) is 5.75 Å². The van der Waals surface area contributed by atoms with E-state index in [0.717, 1.165) is 55.5 Å². The Labute approximate surface area is 259 Å². The Morgan fingerprint density at radius 3 is 2.51 bits per heavy atom. The maximum absolute atomic E-state index is 13.5. The number of hydrazone groups is 1. The number of nitrogens with zero attached hydrogens (tertiary/aromatic N) is 3. The number of pyridine rings is 1. The monoisotopic (exact) mass is 606 g/mol. The van der Waals surface area contributed by atoms with Gasteiger partial charge < -0.3 is 9.30 Å². The molecule has 4 aromatic carbocycles. The lowest BCUT2D eigenvalue weighted by Crippen LogP contribution is -2.18. The van der Waals surface area contributed by atoms with Crippen LogP contribution in [0.25, 0.3) is 33.1 Å². The summed E-state index contributed by atoms with van der Waals surface area (Å²) >= 11 is 12.6. The average molecular weight is 608 g/mol. The van der Waals surface area contributed by atoms with Crippen molar-refractivity contribution in [2.45, 2.75) is 20.4 Å². The molecular formula is C35H28Cl2N4O2. The van der Waals surface area contributed by atoms with Crippen molar-refractivity contribution in [3.05, 3.63) is 129 Å². The van der Waals surface area contributed by atoms with Gasteiger partial charge in [-0.25, -0.2) is 10.4 Å². The molecule has 6 nitrogen and oxygen atoms in total. The Morgan fingerprint density at radius 1 is 0.953 bits per heavy atom. The van der Waals surface area contributed by atoms with Gasteiger partial charge in [0.2, 0.25) is 0 Å². The lowest BCUT2D eigenvalue weighted by atomic mass is 10.0. The van der Waals surface area contributed by atoms with E-state index in [4.69, 9.17) is 32.9 Å². The highest BCUT2D eigenvalue weighted by Crippen LogP contribution is 2.30. The minimum Gasteiger partial charge on any atom is -0.497 e. The number of carbonyl (C=O) groups is 1. The number of amides is 1. The van der Waals surface area contributed by atoms with Gasteiger partial charge in [0.15, 0.2) is 0 Å². The number of carbonyl (C=O) groups excluding carboxylic acids is 1. The smallest absolute Gasteiger partial charge is 0.272 e. The normalized spacial score (nSPS) is 11.5. The van der Waals surface area contributed by atoms with Gasteiger partial charge in [-0.2, -0.15) is 5.10 Å². The molecule has 2 aromatic heterocycles. The molecular weight excluding hydrogens is 579 g/mol. The molecule has 0 unspecified atom stereocenters. The lowest BCUT2D eigenvalue weighted by molar-refractivity contribution is 0.0956. The standard InChI is InChI=1S/C35H28Cl2N4O2/c1-21-8-15-34-28(16-21)30(22(2)41(34)20-24-9-12-25(36)17-31(24)37)19-38-40-35(42)29-18-33(23-10-13-26(43-3)14-11-23)39-32-7-5-4-6-27(29)32/h4-19H,20H2,1-3H3,(H,40,42)/b38-19+. The van der Waals surface area contributed by atoms with Crippen molar-refractivity contribution < 1.29 is 9.53 Å². The summed E-state index contributed by atoms with van der Waals surface area (Å²) in [5.41, 5.74) is 10.6. The fourth-order valence-electron chi connectivity index (χ4n) is 5.30. The van der Waals surface area contributed by atoms with Gasteiger partial charge in [-0.1, -0.05) is 59.1 Å². The number of benzene rings is 4. The van der Waals surface area contributed by atoms with Gasteiger partial charge in [0.25, 0.3) is 5.91 Å². The second-order valence-electron chi connectivity index (χ2n) is 10.3. The first-order valence-corrected chi connectivity index (χ1v) is 14.5. The molecule has 0 bridgehead atoms. The third kappa shape index (κ3) is 5.72. The van der Waals surface area contributed by atoms with Crippen LogP contribution in [0.3, 0.4) is 0 Å². The van der Waals surface area contributed by atoms with Gasteiger partial charge in [-0.05, 0) is 80.1 Å². The van der Waals surface area contributed by atoms with Crippen LogP contribution in [0.15, 0.2) is 96.1 Å². The van der Waals surface area contributed by atoms with E-state index >= 15 is 0 Å². The third-order valence-electron chi connectivity index (χ3n) is 7.58. The topological polar surface area (TPSA) is 68.5 Å². The Bertz CT molecular complexity index is 2030. The summed E-state index contributed by atoms with van der Waals surface area (Å²) in [4.78, 5) is 18.3. The molecule has 1 N–H and O–H groups in total. The zero-order chi connectivity index (χ0) is 30.1. The maximum atomic E-state index is 13.5. The van der Waals surface area contributed by atoms with Crippen LogP contribution in [-0.2, 0) is 6.54 Å². The SMILES string of the molecule is COc1ccc(-c2cc(C(=O)N/N=C/c3c(C)n(Cc4ccc(Cl)cc4Cl)c4ccc(C)cc34)c3ccccc3n2)cc1. The molecule has 1 amide bonds. The van der Waals surface area contributed by atoms with Crippen LogP contribution in [0, 0.1) is 13.8 Å². The van der Waals surface area contributed by atoms with E-state index in [1.165, 1.54) is 0 Å². The number of nitrogens with one attached hydrogen (secondary N) is 1. The van der Waals surface area contributed by atoms with Crippen LogP contribution >= 0.6 is 23.2 Å². The van der Waals surface area contributed by atoms with Gasteiger partial charge >= 0.3 is 0 Å². The Hall–Kier alpha value is -4.65. The molecule has 6 aromatic rings. The van der Waals surface area contributed by atoms with Crippen LogP contribution in [0.5, 0.6) is 5.75 Å². The largest absolute Gasteiger partial charge is 0.497 e. The summed E-state index contributed by atoms with van der Waals surface area (Å²) in [6, 6.07) is 28.8. The number of halogens is 2. The molecule has 0 radical (unpaired) electrons. The molecule has 0 aliphatic carbocycles. The average Bonchev–Trinajstić information content (AvgIpc) is 3.27. The quantitative estimate of drug-likeness (QED) is 0.146. The third-order valence-corrected chi connectivity index (χ3v) is 8.16. The van der Waals surface area contributed by atoms with Gasteiger partial charge in [-0.15, -0.1) is 0 Å². The minimum atomic E-state index is -0.324. The maximum Gasteiger partial charge on any atom is 0.272 e. The van der Waals surface area contributed by atoms with Gasteiger partial charge in [0, 0.05) is 49.7 Å². The van der Waals surface area contributed by atoms with Crippen molar-refractivity contribution in [3.63, 3.8) is 0 Å². The molecule has 0 saturated carbocycles. The Kier molecular flexibility index (Phi) is 7.89. The summed E-state index contributed by atoms with van der Waals surface area (Å²) in [5, 5.41) is 7.42. The molecule has 6 rings (SSSR count). The number of aromatic nitrogens is 2. The molecule has 214 valence electrons. The number of para-hydroxylation sites is 1. The fourth-order valence-corrected chi connectivity index (χ4v) is 5.77. The van der Waals surface area contributed by atoms with Gasteiger partial charge in [0.05, 0.1) is 30.1 Å². The fraction of sp³-hybridized carbons (Fsp3) is 0.114. The van der Waals surface area contributed by atoms with E-state index in [2.05, 4.69) is 40.2 Å². The lowest BCUT2D eigenvalue weighted by Gasteiger charge is -2.11. The van der Waals surface area contributed by atoms with Crippen molar-refractivity contribution in [1.29, 1.82) is 0 Å². The number of aryl methyl sites for hydroxylation is 1. The predicted molar refractivity (Wildman–Crippen MR) is 176 cm³/mol. The van der Waals surface area contributed by atoms with Crippen molar-refractivity contribution >= 4 is 57.1 Å². The zero-order valence-corrected chi connectivity index (χ0v) is 25.4. The predicted octanol–water partition coefficient (Wildman–Crippen LogP) is 8.60. The summed E-state index contributed by atoms with van der Waals surface area (Å²) in [6.45, 7) is 4.67. The van der Waals surface area contributed by atoms with Crippen LogP contribution in [0.2, 0.25) is 10.0 Å². The number of methoxy groups -OCH3 is 1. The van der Waals surface area contributed by atoms with Crippen molar-refractivity contribution in [2.24, 2.45) is 5.10 Å². The van der Waals surface area contributed by atoms with Crippen LogP contribution in [0.1, 0.15) is 32.7 Å². The molecule has 0 aliphatic heterocycles. The summed E-state index contributed by atoms with van der Waals surface area (Å²) in [5.74, 6) is 0.426. The second-order valence-corrected chi connectivity index (χ2v) is 11.2. The van der Waals surface area contributed by atoms with E-state index in [9.17, 15) is 4.79 Å². The zero-order valence-electron chi connectivity index (χ0n) is 23.9. The molecule has 8 heteroatoms. The first-order valence-electron chi connectivity index (χ1n) is 13.7. The number of hydrogen-bond acceptors (Lipinski definition) is 4. The van der Waals surface area contributed by atoms with Gasteiger partial charge in [-0.3, -0.25) is 4.79 Å². The molecule has 43 heavy (non-hydrogen) atoms. The molecule has 0 saturated heterocycles. The Morgan fingerprint density at radius 2 is 1.74 bits per heavy atom. The molecule has 2 heterocycles. The van der Waals surface area contributed by atoms with Crippen molar-refractivity contribution in [2.75, 3.05) is 7.11 Å². The van der Waals surface area contributed by atoms with E-state index in [-0.39, 0.29) is 5.91 Å². The second kappa shape index (κ2) is 11.9. The summed E-state index contributed by atoms with van der Waals surface area (Å²) < 4.78 is 7.49. The van der Waals surface area contributed by atoms with Crippen LogP contribution in [0.4, 0.5) is 0 Å². The molecule has 0 aliphatic rings. The highest BCUT2D eigenvalue weighted by molar-refractivity contribution is 6.35. The van der Waals surface area contributed by atoms with E-state index in [1.807, 2.05) is 67.6 Å². The number of hydrogen-bond donors (Lipinski definition) is 1. The Balaban J connectivity index is 1.34. The number of ether oxygens (including phenoxy) is 1. The minimum absolute atomic E-state index is 0.324. The molecule has 0 fully saturated rings. The van der Waals surface area contributed by atoms with E-state index < -0.39 is 0 Å². The van der Waals surface area contributed by atoms with Crippen LogP contribution < -0.4 is 10.2 Å². The number of fused-ring (bicyclic) bond motifs is 2. The summed E-state index contributed by atoms with van der Waals surface area (Å²) in [7, 11) is 1.63. The van der Waals surface area contributed by atoms with E-state index in [1.54, 1.807) is 25.5 Å².